The van der Waals surface area contributed by atoms with Gasteiger partial charge < -0.3 is 4.74 Å². The van der Waals surface area contributed by atoms with Gasteiger partial charge in [-0.25, -0.2) is 4.68 Å². The maximum Gasteiger partial charge on any atom is 0.190 e. The van der Waals surface area contributed by atoms with Crippen molar-refractivity contribution in [2.45, 2.75) is 19.9 Å². The van der Waals surface area contributed by atoms with E-state index >= 15 is 0 Å². The fourth-order valence-corrected chi connectivity index (χ4v) is 1.75. The van der Waals surface area contributed by atoms with Crippen molar-refractivity contribution in [3.8, 4) is 23.1 Å². The van der Waals surface area contributed by atoms with E-state index in [4.69, 9.17) is 10.00 Å². The Morgan fingerprint density at radius 1 is 1.28 bits per heavy atom. The zero-order valence-corrected chi connectivity index (χ0v) is 10.6. The number of ether oxygens (including phenoxy) is 1. The SMILES string of the molecule is COc1ccc(-c2c(C#N)nnn2C(C)C)cc1. The Balaban J connectivity index is 2.54. The third-order valence-corrected chi connectivity index (χ3v) is 2.65. The fraction of sp³-hybridized carbons (Fsp3) is 0.308. The molecule has 0 bridgehead atoms. The minimum Gasteiger partial charge on any atom is -0.497 e. The lowest BCUT2D eigenvalue weighted by molar-refractivity contribution is 0.415. The Labute approximate surface area is 106 Å². The molecule has 0 unspecified atom stereocenters. The molecule has 0 fully saturated rings. The van der Waals surface area contributed by atoms with Gasteiger partial charge in [0.2, 0.25) is 0 Å². The lowest BCUT2D eigenvalue weighted by Crippen LogP contribution is -2.05. The quantitative estimate of drug-likeness (QED) is 0.829. The van der Waals surface area contributed by atoms with Crippen LogP contribution in [0.25, 0.3) is 11.3 Å². The van der Waals surface area contributed by atoms with E-state index in [-0.39, 0.29) is 6.04 Å². The molecule has 1 heterocycles. The Morgan fingerprint density at radius 2 is 1.94 bits per heavy atom. The molecule has 0 aliphatic carbocycles. The van der Waals surface area contributed by atoms with Crippen LogP contribution in [0.3, 0.4) is 0 Å². The van der Waals surface area contributed by atoms with E-state index in [9.17, 15) is 0 Å². The number of nitriles is 1. The van der Waals surface area contributed by atoms with E-state index < -0.39 is 0 Å². The van der Waals surface area contributed by atoms with E-state index in [1.807, 2.05) is 38.1 Å². The van der Waals surface area contributed by atoms with Crippen LogP contribution < -0.4 is 4.74 Å². The molecule has 0 saturated heterocycles. The minimum absolute atomic E-state index is 0.150. The second-order valence-corrected chi connectivity index (χ2v) is 4.17. The number of aromatic nitrogens is 3. The lowest BCUT2D eigenvalue weighted by Gasteiger charge is -2.10. The van der Waals surface area contributed by atoms with Gasteiger partial charge in [0, 0.05) is 11.6 Å². The van der Waals surface area contributed by atoms with Crippen LogP contribution in [-0.4, -0.2) is 22.1 Å². The second-order valence-electron chi connectivity index (χ2n) is 4.17. The molecule has 18 heavy (non-hydrogen) atoms. The molecule has 0 atom stereocenters. The van der Waals surface area contributed by atoms with Crippen molar-refractivity contribution in [3.63, 3.8) is 0 Å². The molecule has 0 radical (unpaired) electrons. The molecule has 5 nitrogen and oxygen atoms in total. The van der Waals surface area contributed by atoms with Crippen LogP contribution in [0.2, 0.25) is 0 Å². The van der Waals surface area contributed by atoms with Gasteiger partial charge in [0.05, 0.1) is 7.11 Å². The highest BCUT2D eigenvalue weighted by atomic mass is 16.5. The normalized spacial score (nSPS) is 10.4. The highest BCUT2D eigenvalue weighted by molar-refractivity contribution is 5.65. The Hall–Kier alpha value is -2.35. The molecule has 1 aromatic carbocycles. The van der Waals surface area contributed by atoms with Crippen molar-refractivity contribution in [1.29, 1.82) is 5.26 Å². The molecule has 1 aromatic heterocycles. The summed E-state index contributed by atoms with van der Waals surface area (Å²) < 4.78 is 6.87. The summed E-state index contributed by atoms with van der Waals surface area (Å²) in [6.07, 6.45) is 0. The van der Waals surface area contributed by atoms with Crippen LogP contribution in [0.5, 0.6) is 5.75 Å². The molecule has 0 aliphatic heterocycles. The molecular weight excluding hydrogens is 228 g/mol. The van der Waals surface area contributed by atoms with Gasteiger partial charge in [0.15, 0.2) is 5.69 Å². The summed E-state index contributed by atoms with van der Waals surface area (Å²) >= 11 is 0. The Morgan fingerprint density at radius 3 is 2.44 bits per heavy atom. The third-order valence-electron chi connectivity index (χ3n) is 2.65. The van der Waals surface area contributed by atoms with E-state index in [0.717, 1.165) is 17.0 Å². The molecule has 2 aromatic rings. The molecule has 0 aliphatic rings. The summed E-state index contributed by atoms with van der Waals surface area (Å²) in [7, 11) is 1.62. The van der Waals surface area contributed by atoms with Crippen molar-refractivity contribution >= 4 is 0 Å². The van der Waals surface area contributed by atoms with Crippen LogP contribution in [0.15, 0.2) is 24.3 Å². The van der Waals surface area contributed by atoms with Crippen molar-refractivity contribution in [2.24, 2.45) is 0 Å². The summed E-state index contributed by atoms with van der Waals surface area (Å²) in [6, 6.07) is 9.73. The molecule has 5 heteroatoms. The number of methoxy groups -OCH3 is 1. The number of benzene rings is 1. The monoisotopic (exact) mass is 242 g/mol. The number of rotatable bonds is 3. The van der Waals surface area contributed by atoms with Crippen LogP contribution in [0, 0.1) is 11.3 Å². The first-order valence-electron chi connectivity index (χ1n) is 5.67. The molecule has 0 spiro atoms. The van der Waals surface area contributed by atoms with Crippen LogP contribution in [0.4, 0.5) is 0 Å². The fourth-order valence-electron chi connectivity index (χ4n) is 1.75. The van der Waals surface area contributed by atoms with Crippen molar-refractivity contribution in [1.82, 2.24) is 15.0 Å². The summed E-state index contributed by atoms with van der Waals surface area (Å²) in [5, 5.41) is 17.0. The molecule has 0 amide bonds. The van der Waals surface area contributed by atoms with Gasteiger partial charge in [-0.2, -0.15) is 5.26 Å². The summed E-state index contributed by atoms with van der Waals surface area (Å²) in [5.41, 5.74) is 2.00. The predicted octanol–water partition coefficient (Wildman–Crippen LogP) is 2.41. The number of nitrogens with zero attached hydrogens (tertiary/aromatic N) is 4. The minimum atomic E-state index is 0.150. The highest BCUT2D eigenvalue weighted by Gasteiger charge is 2.16. The first-order chi connectivity index (χ1) is 8.67. The third kappa shape index (κ3) is 2.05. The van der Waals surface area contributed by atoms with Crippen LogP contribution in [-0.2, 0) is 0 Å². The molecule has 92 valence electrons. The maximum absolute atomic E-state index is 9.09. The van der Waals surface area contributed by atoms with Gasteiger partial charge in [-0.05, 0) is 38.1 Å². The summed E-state index contributed by atoms with van der Waals surface area (Å²) in [5.74, 6) is 0.779. The van der Waals surface area contributed by atoms with E-state index in [0.29, 0.717) is 5.69 Å². The van der Waals surface area contributed by atoms with Crippen molar-refractivity contribution in [2.75, 3.05) is 7.11 Å². The maximum atomic E-state index is 9.09. The van der Waals surface area contributed by atoms with Crippen LogP contribution >= 0.6 is 0 Å². The second kappa shape index (κ2) is 4.88. The average molecular weight is 242 g/mol. The summed E-state index contributed by atoms with van der Waals surface area (Å²) in [6.45, 7) is 4.01. The van der Waals surface area contributed by atoms with Crippen LogP contribution in [0.1, 0.15) is 25.6 Å². The van der Waals surface area contributed by atoms with Gasteiger partial charge in [0.1, 0.15) is 17.5 Å². The highest BCUT2D eigenvalue weighted by Crippen LogP contribution is 2.26. The zero-order valence-electron chi connectivity index (χ0n) is 10.6. The predicted molar refractivity (Wildman–Crippen MR) is 67.1 cm³/mol. The van der Waals surface area contributed by atoms with E-state index in [2.05, 4.69) is 16.4 Å². The largest absolute Gasteiger partial charge is 0.497 e. The van der Waals surface area contributed by atoms with E-state index in [1.54, 1.807) is 11.8 Å². The van der Waals surface area contributed by atoms with Gasteiger partial charge in [-0.1, -0.05) is 5.21 Å². The molecule has 2 rings (SSSR count). The summed E-state index contributed by atoms with van der Waals surface area (Å²) in [4.78, 5) is 0. The van der Waals surface area contributed by atoms with Gasteiger partial charge in [-0.15, -0.1) is 5.10 Å². The van der Waals surface area contributed by atoms with Gasteiger partial charge in [0.25, 0.3) is 0 Å². The molecular formula is C13H14N4O. The van der Waals surface area contributed by atoms with Crippen molar-refractivity contribution in [3.05, 3.63) is 30.0 Å². The topological polar surface area (TPSA) is 63.7 Å². The van der Waals surface area contributed by atoms with Crippen molar-refractivity contribution < 1.29 is 4.74 Å². The smallest absolute Gasteiger partial charge is 0.190 e. The zero-order chi connectivity index (χ0) is 13.1. The number of hydrogen-bond acceptors (Lipinski definition) is 4. The van der Waals surface area contributed by atoms with Gasteiger partial charge >= 0.3 is 0 Å². The molecule has 0 saturated carbocycles. The average Bonchev–Trinajstić information content (AvgIpc) is 2.82. The lowest BCUT2D eigenvalue weighted by atomic mass is 10.1. The van der Waals surface area contributed by atoms with Gasteiger partial charge in [-0.3, -0.25) is 0 Å². The molecule has 0 N–H and O–H groups in total. The Bertz CT molecular complexity index is 578. The first kappa shape index (κ1) is 12.1. The Kier molecular flexibility index (Phi) is 3.28. The standard InChI is InChI=1S/C13H14N4O/c1-9(2)17-13(12(8-14)15-16-17)10-4-6-11(18-3)7-5-10/h4-7,9H,1-3H3. The van der Waals surface area contributed by atoms with E-state index in [1.165, 1.54) is 0 Å². The number of hydrogen-bond donors (Lipinski definition) is 0. The first-order valence-corrected chi connectivity index (χ1v) is 5.67.